The number of fused-ring (bicyclic) bond motifs is 6. The standard InChI is InChI=1S/C23H14N4/c1-3-7-20-18(5-1)19-6-2-4-8-21(19)27(20)23-25-14-16-10-9-15-13-24-12-11-17(15)22(16)26-23/h1-14H. The second-order valence-electron chi connectivity index (χ2n) is 6.64. The van der Waals surface area contributed by atoms with Crippen LogP contribution in [0.1, 0.15) is 0 Å². The summed E-state index contributed by atoms with van der Waals surface area (Å²) in [5.41, 5.74) is 3.17. The van der Waals surface area contributed by atoms with E-state index in [1.54, 1.807) is 0 Å². The van der Waals surface area contributed by atoms with Gasteiger partial charge in [-0.25, -0.2) is 9.97 Å². The van der Waals surface area contributed by atoms with Gasteiger partial charge < -0.3 is 0 Å². The van der Waals surface area contributed by atoms with Gasteiger partial charge in [0.25, 0.3) is 0 Å². The van der Waals surface area contributed by atoms with Gasteiger partial charge in [0, 0.05) is 45.5 Å². The van der Waals surface area contributed by atoms with E-state index in [0.29, 0.717) is 5.95 Å². The van der Waals surface area contributed by atoms with Crippen molar-refractivity contribution in [2.24, 2.45) is 0 Å². The number of benzene rings is 3. The molecule has 3 aromatic heterocycles. The van der Waals surface area contributed by atoms with Crippen molar-refractivity contribution in [3.8, 4) is 5.95 Å². The second-order valence-corrected chi connectivity index (χ2v) is 6.64. The van der Waals surface area contributed by atoms with E-state index >= 15 is 0 Å². The van der Waals surface area contributed by atoms with Gasteiger partial charge in [0.15, 0.2) is 0 Å². The van der Waals surface area contributed by atoms with E-state index < -0.39 is 0 Å². The minimum absolute atomic E-state index is 0.684. The molecule has 0 amide bonds. The van der Waals surface area contributed by atoms with Crippen LogP contribution in [0.2, 0.25) is 0 Å². The Morgan fingerprint density at radius 3 is 2.11 bits per heavy atom. The van der Waals surface area contributed by atoms with Gasteiger partial charge in [0.1, 0.15) is 0 Å². The summed E-state index contributed by atoms with van der Waals surface area (Å²) in [5, 5.41) is 5.61. The molecule has 6 rings (SSSR count). The van der Waals surface area contributed by atoms with Crippen molar-refractivity contribution in [2.45, 2.75) is 0 Å². The maximum atomic E-state index is 4.97. The Morgan fingerprint density at radius 2 is 1.33 bits per heavy atom. The highest BCUT2D eigenvalue weighted by Gasteiger charge is 2.14. The van der Waals surface area contributed by atoms with Crippen molar-refractivity contribution in [3.63, 3.8) is 0 Å². The summed E-state index contributed by atoms with van der Waals surface area (Å²) < 4.78 is 2.14. The highest BCUT2D eigenvalue weighted by Crippen LogP contribution is 2.31. The molecule has 3 heterocycles. The van der Waals surface area contributed by atoms with E-state index in [1.807, 2.05) is 24.7 Å². The third kappa shape index (κ3) is 2.01. The smallest absolute Gasteiger partial charge is 0.235 e. The summed E-state index contributed by atoms with van der Waals surface area (Å²) in [4.78, 5) is 13.9. The highest BCUT2D eigenvalue weighted by atomic mass is 15.2. The lowest BCUT2D eigenvalue weighted by molar-refractivity contribution is 1.01. The van der Waals surface area contributed by atoms with Gasteiger partial charge in [-0.1, -0.05) is 48.5 Å². The fourth-order valence-corrected chi connectivity index (χ4v) is 3.90. The molecule has 0 radical (unpaired) electrons. The zero-order valence-electron chi connectivity index (χ0n) is 14.4. The summed E-state index contributed by atoms with van der Waals surface area (Å²) in [5.74, 6) is 0.684. The highest BCUT2D eigenvalue weighted by molar-refractivity contribution is 6.09. The molecule has 0 unspecified atom stereocenters. The molecule has 0 bridgehead atoms. The number of para-hydroxylation sites is 2. The van der Waals surface area contributed by atoms with E-state index in [9.17, 15) is 0 Å². The van der Waals surface area contributed by atoms with Crippen LogP contribution >= 0.6 is 0 Å². The third-order valence-corrected chi connectivity index (χ3v) is 5.13. The SMILES string of the molecule is c1ccc2c(c1)c1ccccc1n2-c1ncc2ccc3cnccc3c2n1. The lowest BCUT2D eigenvalue weighted by atomic mass is 10.1. The molecule has 0 fully saturated rings. The fourth-order valence-electron chi connectivity index (χ4n) is 3.90. The minimum atomic E-state index is 0.684. The van der Waals surface area contributed by atoms with Gasteiger partial charge >= 0.3 is 0 Å². The fraction of sp³-hybridized carbons (Fsp3) is 0. The lowest BCUT2D eigenvalue weighted by Crippen LogP contribution is -2.01. The predicted octanol–water partition coefficient (Wildman–Crippen LogP) is 5.28. The molecule has 0 aliphatic rings. The number of hydrogen-bond donors (Lipinski definition) is 0. The van der Waals surface area contributed by atoms with Crippen molar-refractivity contribution in [1.82, 2.24) is 19.5 Å². The van der Waals surface area contributed by atoms with Crippen LogP contribution < -0.4 is 0 Å². The molecular weight excluding hydrogens is 332 g/mol. The molecule has 0 saturated carbocycles. The number of pyridine rings is 1. The first kappa shape index (κ1) is 14.4. The molecule has 0 atom stereocenters. The van der Waals surface area contributed by atoms with Gasteiger partial charge in [-0.2, -0.15) is 0 Å². The molecular formula is C23H14N4. The summed E-state index contributed by atoms with van der Waals surface area (Å²) in [6.45, 7) is 0. The Kier molecular flexibility index (Phi) is 2.85. The van der Waals surface area contributed by atoms with Gasteiger partial charge in [0.05, 0.1) is 16.6 Å². The van der Waals surface area contributed by atoms with E-state index in [4.69, 9.17) is 9.97 Å². The normalized spacial score (nSPS) is 11.7. The van der Waals surface area contributed by atoms with Crippen LogP contribution in [-0.4, -0.2) is 19.5 Å². The Labute approximate surface area is 154 Å². The molecule has 4 nitrogen and oxygen atoms in total. The van der Waals surface area contributed by atoms with E-state index in [2.05, 4.69) is 70.2 Å². The topological polar surface area (TPSA) is 43.6 Å². The lowest BCUT2D eigenvalue weighted by Gasteiger charge is -2.08. The average Bonchev–Trinajstić information content (AvgIpc) is 3.08. The average molecular weight is 346 g/mol. The summed E-state index contributed by atoms with van der Waals surface area (Å²) in [6, 6.07) is 22.9. The van der Waals surface area contributed by atoms with Gasteiger partial charge in [0.2, 0.25) is 5.95 Å². The molecule has 0 N–H and O–H groups in total. The maximum Gasteiger partial charge on any atom is 0.235 e. The summed E-state index contributed by atoms with van der Waals surface area (Å²) >= 11 is 0. The molecule has 0 saturated heterocycles. The third-order valence-electron chi connectivity index (χ3n) is 5.13. The van der Waals surface area contributed by atoms with Crippen molar-refractivity contribution >= 4 is 43.5 Å². The predicted molar refractivity (Wildman–Crippen MR) is 109 cm³/mol. The van der Waals surface area contributed by atoms with Crippen molar-refractivity contribution in [3.05, 3.63) is 85.3 Å². The van der Waals surface area contributed by atoms with Crippen molar-refractivity contribution in [1.29, 1.82) is 0 Å². The zero-order valence-corrected chi connectivity index (χ0v) is 14.4. The summed E-state index contributed by atoms with van der Waals surface area (Å²) in [6.07, 6.45) is 5.59. The Bertz CT molecular complexity index is 1430. The van der Waals surface area contributed by atoms with E-state index in [-0.39, 0.29) is 0 Å². The molecule has 126 valence electrons. The van der Waals surface area contributed by atoms with Crippen LogP contribution in [-0.2, 0) is 0 Å². The van der Waals surface area contributed by atoms with Crippen LogP contribution in [0.3, 0.4) is 0 Å². The molecule has 0 spiro atoms. The maximum absolute atomic E-state index is 4.97. The van der Waals surface area contributed by atoms with E-state index in [0.717, 1.165) is 32.7 Å². The molecule has 0 aliphatic heterocycles. The van der Waals surface area contributed by atoms with Crippen LogP contribution in [0.25, 0.3) is 49.4 Å². The number of aromatic nitrogens is 4. The number of hydrogen-bond acceptors (Lipinski definition) is 3. The van der Waals surface area contributed by atoms with Crippen LogP contribution in [0.4, 0.5) is 0 Å². The molecule has 4 heteroatoms. The Morgan fingerprint density at radius 1 is 0.630 bits per heavy atom. The van der Waals surface area contributed by atoms with E-state index in [1.165, 1.54) is 10.8 Å². The van der Waals surface area contributed by atoms with Crippen molar-refractivity contribution in [2.75, 3.05) is 0 Å². The van der Waals surface area contributed by atoms with Crippen LogP contribution in [0, 0.1) is 0 Å². The molecule has 6 aromatic rings. The van der Waals surface area contributed by atoms with Crippen LogP contribution in [0.15, 0.2) is 85.3 Å². The van der Waals surface area contributed by atoms with Gasteiger partial charge in [-0.15, -0.1) is 0 Å². The number of nitrogens with zero attached hydrogens (tertiary/aromatic N) is 4. The summed E-state index contributed by atoms with van der Waals surface area (Å²) in [7, 11) is 0. The van der Waals surface area contributed by atoms with Gasteiger partial charge in [-0.05, 0) is 18.2 Å². The van der Waals surface area contributed by atoms with Crippen molar-refractivity contribution < 1.29 is 0 Å². The number of rotatable bonds is 1. The second kappa shape index (κ2) is 5.35. The molecule has 27 heavy (non-hydrogen) atoms. The largest absolute Gasteiger partial charge is 0.278 e. The Balaban J connectivity index is 1.76. The molecule has 3 aromatic carbocycles. The first-order chi connectivity index (χ1) is 13.4. The zero-order chi connectivity index (χ0) is 17.8. The monoisotopic (exact) mass is 346 g/mol. The van der Waals surface area contributed by atoms with Gasteiger partial charge in [-0.3, -0.25) is 9.55 Å². The minimum Gasteiger partial charge on any atom is -0.278 e. The molecule has 0 aliphatic carbocycles. The Hall–Kier alpha value is -3.79. The van der Waals surface area contributed by atoms with Crippen LogP contribution in [0.5, 0.6) is 0 Å². The first-order valence-electron chi connectivity index (χ1n) is 8.88. The quantitative estimate of drug-likeness (QED) is 0.381. The first-order valence-corrected chi connectivity index (χ1v) is 8.88.